The molecule has 2 aromatic carbocycles. The number of esters is 1. The second kappa shape index (κ2) is 9.08. The van der Waals surface area contributed by atoms with Crippen molar-refractivity contribution in [1.29, 1.82) is 0 Å². The molecule has 0 spiro atoms. The number of ether oxygens (including phenoxy) is 2. The lowest BCUT2D eigenvalue weighted by Gasteiger charge is -2.29. The zero-order valence-corrected chi connectivity index (χ0v) is 16.0. The van der Waals surface area contributed by atoms with Gasteiger partial charge in [0.15, 0.2) is 0 Å². The molecule has 146 valence electrons. The quantitative estimate of drug-likeness (QED) is 0.716. The van der Waals surface area contributed by atoms with Crippen LogP contribution in [0.1, 0.15) is 37.4 Å². The van der Waals surface area contributed by atoms with Crippen molar-refractivity contribution in [2.45, 2.75) is 26.3 Å². The molecule has 0 saturated heterocycles. The average molecular weight is 380 g/mol. The van der Waals surface area contributed by atoms with E-state index in [9.17, 15) is 9.59 Å². The number of carbonyl (C=O) groups is 2. The Labute approximate surface area is 164 Å². The highest BCUT2D eigenvalue weighted by molar-refractivity contribution is 6.04. The van der Waals surface area contributed by atoms with Crippen LogP contribution >= 0.6 is 0 Å². The van der Waals surface area contributed by atoms with Crippen LogP contribution in [-0.4, -0.2) is 25.2 Å². The Bertz CT molecular complexity index is 860. The van der Waals surface area contributed by atoms with Crippen molar-refractivity contribution in [3.63, 3.8) is 0 Å². The molecular weight excluding hydrogens is 356 g/mol. The Morgan fingerprint density at radius 2 is 1.75 bits per heavy atom. The first-order chi connectivity index (χ1) is 13.6. The van der Waals surface area contributed by atoms with Gasteiger partial charge in [-0.25, -0.2) is 9.59 Å². The van der Waals surface area contributed by atoms with Crippen LogP contribution in [0.2, 0.25) is 0 Å². The summed E-state index contributed by atoms with van der Waals surface area (Å²) in [5.74, 6) is 0.279. The van der Waals surface area contributed by atoms with Gasteiger partial charge in [0.2, 0.25) is 0 Å². The highest BCUT2D eigenvalue weighted by Gasteiger charge is 2.34. The lowest BCUT2D eigenvalue weighted by atomic mass is 9.92. The fourth-order valence-corrected chi connectivity index (χ4v) is 3.05. The van der Waals surface area contributed by atoms with Crippen molar-refractivity contribution in [3.05, 3.63) is 71.3 Å². The van der Waals surface area contributed by atoms with Crippen LogP contribution in [0.5, 0.6) is 5.75 Å². The number of hydrogen-bond donors (Lipinski definition) is 2. The smallest absolute Gasteiger partial charge is 0.338 e. The van der Waals surface area contributed by atoms with Gasteiger partial charge >= 0.3 is 12.0 Å². The largest absolute Gasteiger partial charge is 0.494 e. The van der Waals surface area contributed by atoms with Gasteiger partial charge in [0.05, 0.1) is 30.5 Å². The third kappa shape index (κ3) is 4.34. The van der Waals surface area contributed by atoms with E-state index in [4.69, 9.17) is 9.47 Å². The second-order valence-electron chi connectivity index (χ2n) is 6.32. The minimum absolute atomic E-state index is 0.245. The monoisotopic (exact) mass is 380 g/mol. The fourth-order valence-electron chi connectivity index (χ4n) is 3.05. The van der Waals surface area contributed by atoms with Gasteiger partial charge in [-0.1, -0.05) is 49.4 Å². The molecule has 6 heteroatoms. The number of carbonyl (C=O) groups excluding carboxylic acids is 2. The lowest BCUT2D eigenvalue weighted by molar-refractivity contribution is -0.138. The number of urea groups is 1. The maximum atomic E-state index is 12.8. The maximum Gasteiger partial charge on any atom is 0.338 e. The van der Waals surface area contributed by atoms with E-state index in [0.29, 0.717) is 17.9 Å². The molecule has 2 N–H and O–H groups in total. The van der Waals surface area contributed by atoms with E-state index in [0.717, 1.165) is 23.3 Å². The average Bonchev–Trinajstić information content (AvgIpc) is 2.72. The highest BCUT2D eigenvalue weighted by Crippen LogP contribution is 2.32. The topological polar surface area (TPSA) is 76.7 Å². The van der Waals surface area contributed by atoms with E-state index in [-0.39, 0.29) is 12.6 Å². The van der Waals surface area contributed by atoms with Crippen molar-refractivity contribution in [2.24, 2.45) is 0 Å². The molecule has 0 bridgehead atoms. The van der Waals surface area contributed by atoms with Crippen molar-refractivity contribution in [3.8, 4) is 5.75 Å². The Morgan fingerprint density at radius 3 is 2.39 bits per heavy atom. The summed E-state index contributed by atoms with van der Waals surface area (Å²) >= 11 is 0. The van der Waals surface area contributed by atoms with Crippen molar-refractivity contribution >= 4 is 17.7 Å². The molecule has 3 rings (SSSR count). The van der Waals surface area contributed by atoms with E-state index in [2.05, 4.69) is 10.6 Å². The first-order valence-corrected chi connectivity index (χ1v) is 9.41. The molecule has 1 aliphatic rings. The molecule has 2 amide bonds. The third-order valence-corrected chi connectivity index (χ3v) is 4.32. The van der Waals surface area contributed by atoms with Crippen molar-refractivity contribution < 1.29 is 19.1 Å². The fraction of sp³-hybridized carbons (Fsp3) is 0.273. The Kier molecular flexibility index (Phi) is 6.32. The van der Waals surface area contributed by atoms with Crippen LogP contribution in [0.25, 0.3) is 5.70 Å². The summed E-state index contributed by atoms with van der Waals surface area (Å²) in [5.41, 5.74) is 2.34. The normalized spacial score (nSPS) is 16.2. The van der Waals surface area contributed by atoms with Gasteiger partial charge < -0.3 is 20.1 Å². The van der Waals surface area contributed by atoms with Gasteiger partial charge in [-0.3, -0.25) is 0 Å². The van der Waals surface area contributed by atoms with Crippen LogP contribution in [0, 0.1) is 0 Å². The van der Waals surface area contributed by atoms with Gasteiger partial charge in [0.25, 0.3) is 0 Å². The van der Waals surface area contributed by atoms with E-state index in [1.54, 1.807) is 6.92 Å². The Hall–Kier alpha value is -3.28. The molecule has 0 saturated carbocycles. The molecule has 1 heterocycles. The molecule has 1 unspecified atom stereocenters. The predicted molar refractivity (Wildman–Crippen MR) is 107 cm³/mol. The molecule has 28 heavy (non-hydrogen) atoms. The van der Waals surface area contributed by atoms with E-state index >= 15 is 0 Å². The summed E-state index contributed by atoms with van der Waals surface area (Å²) < 4.78 is 10.9. The number of nitrogens with one attached hydrogen (secondary N) is 2. The van der Waals surface area contributed by atoms with E-state index in [1.165, 1.54) is 0 Å². The summed E-state index contributed by atoms with van der Waals surface area (Å²) in [6.45, 7) is 4.68. The molecule has 1 atom stereocenters. The number of rotatable bonds is 7. The number of amides is 2. The molecular formula is C22H24N2O4. The molecule has 0 aliphatic carbocycles. The van der Waals surface area contributed by atoms with Crippen LogP contribution in [0.15, 0.2) is 60.2 Å². The number of hydrogen-bond acceptors (Lipinski definition) is 4. The van der Waals surface area contributed by atoms with Crippen LogP contribution in [0.4, 0.5) is 4.79 Å². The molecule has 0 fully saturated rings. The van der Waals surface area contributed by atoms with Crippen LogP contribution in [0.3, 0.4) is 0 Å². The molecule has 0 aromatic heterocycles. The summed E-state index contributed by atoms with van der Waals surface area (Å²) in [4.78, 5) is 25.1. The van der Waals surface area contributed by atoms with Gasteiger partial charge in [-0.05, 0) is 36.6 Å². The Balaban J connectivity index is 2.04. The van der Waals surface area contributed by atoms with Gasteiger partial charge in [-0.2, -0.15) is 0 Å². The summed E-state index contributed by atoms with van der Waals surface area (Å²) in [6, 6.07) is 15.7. The summed E-state index contributed by atoms with van der Waals surface area (Å²) in [7, 11) is 0. The summed E-state index contributed by atoms with van der Waals surface area (Å²) in [6.07, 6.45) is 0.919. The molecule has 1 aliphatic heterocycles. The molecule has 0 radical (unpaired) electrons. The highest BCUT2D eigenvalue weighted by atomic mass is 16.5. The zero-order chi connectivity index (χ0) is 19.9. The van der Waals surface area contributed by atoms with Gasteiger partial charge in [-0.15, -0.1) is 0 Å². The minimum atomic E-state index is -0.622. The van der Waals surface area contributed by atoms with Crippen molar-refractivity contribution in [1.82, 2.24) is 10.6 Å². The first-order valence-electron chi connectivity index (χ1n) is 9.41. The minimum Gasteiger partial charge on any atom is -0.494 e. The maximum absolute atomic E-state index is 12.8. The Morgan fingerprint density at radius 1 is 1.04 bits per heavy atom. The third-order valence-electron chi connectivity index (χ3n) is 4.32. The SMILES string of the molecule is CCCOc1ccc(C2NC(=O)NC(c3ccccc3)=C2C(=O)OCC)cc1. The summed E-state index contributed by atoms with van der Waals surface area (Å²) in [5, 5.41) is 5.60. The standard InChI is InChI=1S/C22H24N2O4/c1-3-14-28-17-12-10-16(11-13-17)20-18(21(25)27-4-2)19(23-22(26)24-20)15-8-6-5-7-9-15/h5-13,20H,3-4,14H2,1-2H3,(H2,23,24,26). The molecule has 6 nitrogen and oxygen atoms in total. The predicted octanol–water partition coefficient (Wildman–Crippen LogP) is 3.80. The van der Waals surface area contributed by atoms with Crippen molar-refractivity contribution in [2.75, 3.05) is 13.2 Å². The second-order valence-corrected chi connectivity index (χ2v) is 6.32. The van der Waals surface area contributed by atoms with Crippen LogP contribution < -0.4 is 15.4 Å². The van der Waals surface area contributed by atoms with E-state index < -0.39 is 12.0 Å². The molecule has 2 aromatic rings. The zero-order valence-electron chi connectivity index (χ0n) is 16.0. The van der Waals surface area contributed by atoms with E-state index in [1.807, 2.05) is 61.5 Å². The van der Waals surface area contributed by atoms with Gasteiger partial charge in [0, 0.05) is 0 Å². The lowest BCUT2D eigenvalue weighted by Crippen LogP contribution is -2.45. The first kappa shape index (κ1) is 19.5. The van der Waals surface area contributed by atoms with Crippen LogP contribution in [-0.2, 0) is 9.53 Å². The number of benzene rings is 2. The van der Waals surface area contributed by atoms with Gasteiger partial charge in [0.1, 0.15) is 5.75 Å².